The van der Waals surface area contributed by atoms with Gasteiger partial charge in [-0.1, -0.05) is 0 Å². The van der Waals surface area contributed by atoms with Gasteiger partial charge in [-0.3, -0.25) is 0 Å². The number of benzene rings is 4. The van der Waals surface area contributed by atoms with E-state index in [0.717, 1.165) is 6.16 Å². The van der Waals surface area contributed by atoms with Gasteiger partial charge in [0.15, 0.2) is 0 Å². The first-order valence-electron chi connectivity index (χ1n) is 9.69. The Morgan fingerprint density at radius 1 is 0.552 bits per heavy atom. The molecule has 4 rings (SSSR count). The Labute approximate surface area is 189 Å². The van der Waals surface area contributed by atoms with Gasteiger partial charge in [-0.15, -0.1) is 0 Å². The molecule has 0 aliphatic carbocycles. The van der Waals surface area contributed by atoms with Crippen LogP contribution in [0.3, 0.4) is 0 Å². The van der Waals surface area contributed by atoms with Gasteiger partial charge in [0.25, 0.3) is 0 Å². The zero-order valence-corrected chi connectivity index (χ0v) is 20.1. The molecule has 0 saturated heterocycles. The van der Waals surface area contributed by atoms with Crippen LogP contribution < -0.4 is 10.6 Å². The van der Waals surface area contributed by atoms with E-state index in [1.807, 2.05) is 0 Å². The normalized spacial score (nSPS) is 13.9. The fourth-order valence-electron chi connectivity index (χ4n) is 4.04. The Morgan fingerprint density at radius 2 is 0.931 bits per heavy atom. The maximum atomic E-state index is 4.53. The molecule has 0 aliphatic rings. The molecular weight excluding hydrogens is 503 g/mol. The average Bonchev–Trinajstić information content (AvgIpc) is 2.81. The molecule has 0 radical (unpaired) electrons. The van der Waals surface area contributed by atoms with E-state index in [1.165, 1.54) is 21.7 Å². The van der Waals surface area contributed by atoms with Crippen LogP contribution in [-0.2, 0) is 6.16 Å². The average molecular weight is 526 g/mol. The van der Waals surface area contributed by atoms with Crippen molar-refractivity contribution in [3.8, 4) is 0 Å². The van der Waals surface area contributed by atoms with Gasteiger partial charge in [0.05, 0.1) is 0 Å². The Kier molecular flexibility index (Phi) is 6.06. The summed E-state index contributed by atoms with van der Waals surface area (Å²) in [5, 5.41) is -0.228. The summed E-state index contributed by atoms with van der Waals surface area (Å²) in [6, 6.07) is 43.5. The van der Waals surface area contributed by atoms with Gasteiger partial charge in [-0.25, -0.2) is 0 Å². The molecule has 0 nitrogen and oxygen atoms in total. The molecule has 0 bridgehead atoms. The predicted octanol–water partition coefficient (Wildman–Crippen LogP) is 7.79. The van der Waals surface area contributed by atoms with Crippen LogP contribution in [0.1, 0.15) is 15.7 Å². The van der Waals surface area contributed by atoms with Gasteiger partial charge >= 0.3 is 191 Å². The molecule has 0 N–H and O–H groups in total. The third kappa shape index (κ3) is 3.75. The summed E-state index contributed by atoms with van der Waals surface area (Å²) >= 11 is 8.74. The van der Waals surface area contributed by atoms with Crippen LogP contribution in [0, 0.1) is 0 Å². The van der Waals surface area contributed by atoms with Gasteiger partial charge in [0, 0.05) is 0 Å². The standard InChI is InChI=1S/C26H23Br2P/c27-26(23-15-7-2-8-16-23)29(28,24-17-9-3-10-18-24,25-19-11-4-12-20-25)21-22-13-5-1-6-14-22/h1-20,26H,21H2. The molecular formula is C26H23Br2P. The Balaban J connectivity index is 2.05. The molecule has 3 heteroatoms. The van der Waals surface area contributed by atoms with Crippen molar-refractivity contribution in [2.24, 2.45) is 0 Å². The Hall–Kier alpha value is -1.73. The van der Waals surface area contributed by atoms with Crippen LogP contribution in [-0.4, -0.2) is 0 Å². The minimum atomic E-state index is -2.92. The third-order valence-electron chi connectivity index (χ3n) is 5.51. The number of rotatable bonds is 6. The van der Waals surface area contributed by atoms with Crippen molar-refractivity contribution < 1.29 is 0 Å². The molecule has 146 valence electrons. The van der Waals surface area contributed by atoms with Crippen LogP contribution in [0.25, 0.3) is 0 Å². The first kappa shape index (κ1) is 20.5. The van der Waals surface area contributed by atoms with Crippen LogP contribution in [0.2, 0.25) is 0 Å². The SMILES string of the molecule is BrC(c1ccccc1)P(Br)(Cc1ccccc1)(c1ccccc1)c1ccccc1. The van der Waals surface area contributed by atoms with Gasteiger partial charge in [0.1, 0.15) is 0 Å². The molecule has 4 aromatic carbocycles. The second-order valence-corrected chi connectivity index (χ2v) is 18.2. The summed E-state index contributed by atoms with van der Waals surface area (Å²) in [7, 11) is 0. The summed E-state index contributed by atoms with van der Waals surface area (Å²) in [6.45, 7) is 0. The van der Waals surface area contributed by atoms with E-state index in [4.69, 9.17) is 0 Å². The Morgan fingerprint density at radius 3 is 1.38 bits per heavy atom. The second-order valence-electron chi connectivity index (χ2n) is 7.32. The van der Waals surface area contributed by atoms with Crippen molar-refractivity contribution in [3.05, 3.63) is 132 Å². The predicted molar refractivity (Wildman–Crippen MR) is 136 cm³/mol. The molecule has 0 fully saturated rings. The number of hydrogen-bond acceptors (Lipinski definition) is 0. The first-order chi connectivity index (χ1) is 14.1. The number of halogens is 2. The van der Waals surface area contributed by atoms with Gasteiger partial charge in [0.2, 0.25) is 0 Å². The van der Waals surface area contributed by atoms with Crippen molar-refractivity contribution in [1.29, 1.82) is 0 Å². The van der Waals surface area contributed by atoms with Crippen LogP contribution in [0.5, 0.6) is 0 Å². The van der Waals surface area contributed by atoms with E-state index in [2.05, 4.69) is 153 Å². The van der Waals surface area contributed by atoms with Crippen molar-refractivity contribution in [2.45, 2.75) is 10.7 Å². The van der Waals surface area contributed by atoms with E-state index in [9.17, 15) is 0 Å². The molecule has 0 amide bonds. The summed E-state index contributed by atoms with van der Waals surface area (Å²) in [5.41, 5.74) is 2.61. The molecule has 1 atom stereocenters. The van der Waals surface area contributed by atoms with E-state index in [-0.39, 0.29) is 4.57 Å². The van der Waals surface area contributed by atoms with Crippen molar-refractivity contribution in [2.75, 3.05) is 0 Å². The fourth-order valence-corrected chi connectivity index (χ4v) is 13.9. The monoisotopic (exact) mass is 524 g/mol. The van der Waals surface area contributed by atoms with Crippen LogP contribution >= 0.6 is 36.7 Å². The molecule has 0 spiro atoms. The number of alkyl halides is 1. The first-order valence-corrected chi connectivity index (χ1v) is 15.1. The molecule has 0 aliphatic heterocycles. The van der Waals surface area contributed by atoms with E-state index in [1.54, 1.807) is 0 Å². The molecule has 0 heterocycles. The van der Waals surface area contributed by atoms with Crippen LogP contribution in [0.15, 0.2) is 121 Å². The summed E-state index contributed by atoms with van der Waals surface area (Å²) in [5.74, 6) is 0. The van der Waals surface area contributed by atoms with Crippen molar-refractivity contribution >= 4 is 47.3 Å². The summed E-state index contributed by atoms with van der Waals surface area (Å²) < 4.78 is 0.125. The Bertz CT molecular complexity index is 1010. The number of hydrogen-bond donors (Lipinski definition) is 0. The van der Waals surface area contributed by atoms with Gasteiger partial charge in [-0.2, -0.15) is 0 Å². The second kappa shape index (κ2) is 8.56. The van der Waals surface area contributed by atoms with Gasteiger partial charge in [-0.05, 0) is 0 Å². The van der Waals surface area contributed by atoms with E-state index < -0.39 is 5.31 Å². The van der Waals surface area contributed by atoms with Gasteiger partial charge < -0.3 is 0 Å². The minimum absolute atomic E-state index is 0.125. The molecule has 0 aromatic heterocycles. The zero-order chi connectivity index (χ0) is 20.2. The molecule has 4 aromatic rings. The quantitative estimate of drug-likeness (QED) is 0.178. The molecule has 1 unspecified atom stereocenters. The summed E-state index contributed by atoms with van der Waals surface area (Å²) in [4.78, 5) is 0. The molecule has 29 heavy (non-hydrogen) atoms. The van der Waals surface area contributed by atoms with E-state index in [0.29, 0.717) is 0 Å². The van der Waals surface area contributed by atoms with Crippen LogP contribution in [0.4, 0.5) is 0 Å². The molecule has 0 saturated carbocycles. The topological polar surface area (TPSA) is 0 Å². The third-order valence-corrected chi connectivity index (χ3v) is 19.9. The zero-order valence-electron chi connectivity index (χ0n) is 16.0. The van der Waals surface area contributed by atoms with E-state index >= 15 is 0 Å². The fraction of sp³-hybridized carbons (Fsp3) is 0.0769. The van der Waals surface area contributed by atoms with Crippen molar-refractivity contribution in [3.63, 3.8) is 0 Å². The summed E-state index contributed by atoms with van der Waals surface area (Å²) in [6.07, 6.45) is 0.922. The van der Waals surface area contributed by atoms with Crippen molar-refractivity contribution in [1.82, 2.24) is 0 Å². The maximum absolute atomic E-state index is 4.53.